The second-order valence-electron chi connectivity index (χ2n) is 3.85. The summed E-state index contributed by atoms with van der Waals surface area (Å²) >= 11 is 0. The van der Waals surface area contributed by atoms with Crippen LogP contribution in [-0.2, 0) is 4.79 Å². The van der Waals surface area contributed by atoms with Crippen molar-refractivity contribution in [3.8, 4) is 0 Å². The van der Waals surface area contributed by atoms with Gasteiger partial charge in [0, 0.05) is 5.92 Å². The van der Waals surface area contributed by atoms with E-state index in [9.17, 15) is 9.90 Å². The molecule has 3 nitrogen and oxygen atoms in total. The fourth-order valence-electron chi connectivity index (χ4n) is 1.29. The predicted molar refractivity (Wildman–Crippen MR) is 51.4 cm³/mol. The van der Waals surface area contributed by atoms with Crippen LogP contribution in [0.15, 0.2) is 12.7 Å². The van der Waals surface area contributed by atoms with Gasteiger partial charge in [0.25, 0.3) is 0 Å². The summed E-state index contributed by atoms with van der Waals surface area (Å²) in [7, 11) is 0. The molecule has 0 aliphatic heterocycles. The first-order valence-electron chi connectivity index (χ1n) is 4.43. The topological polar surface area (TPSA) is 57.5 Å². The molecule has 0 fully saturated rings. The van der Waals surface area contributed by atoms with Crippen molar-refractivity contribution in [2.75, 3.05) is 0 Å². The zero-order chi connectivity index (χ0) is 10.6. The third kappa shape index (κ3) is 2.84. The van der Waals surface area contributed by atoms with Gasteiger partial charge in [0.05, 0.1) is 0 Å². The van der Waals surface area contributed by atoms with E-state index in [2.05, 4.69) is 6.58 Å². The first-order valence-corrected chi connectivity index (χ1v) is 4.43. The van der Waals surface area contributed by atoms with Crippen LogP contribution in [0.25, 0.3) is 0 Å². The van der Waals surface area contributed by atoms with Crippen LogP contribution >= 0.6 is 0 Å². The van der Waals surface area contributed by atoms with E-state index < -0.39 is 17.5 Å². The second-order valence-corrected chi connectivity index (χ2v) is 3.85. The average molecular weight is 186 g/mol. The van der Waals surface area contributed by atoms with E-state index in [0.29, 0.717) is 0 Å². The first-order chi connectivity index (χ1) is 5.84. The Morgan fingerprint density at radius 3 is 2.23 bits per heavy atom. The average Bonchev–Trinajstić information content (AvgIpc) is 2.01. The van der Waals surface area contributed by atoms with Crippen LogP contribution in [-0.4, -0.2) is 21.8 Å². The SMILES string of the molecule is C=C[C@H](C)[C@@](O)(CC(C)C)C(=O)O. The molecular formula is C10H18O3. The molecule has 0 aromatic rings. The van der Waals surface area contributed by atoms with Gasteiger partial charge in [0.1, 0.15) is 0 Å². The third-order valence-corrected chi connectivity index (χ3v) is 2.20. The highest BCUT2D eigenvalue weighted by Gasteiger charge is 2.40. The van der Waals surface area contributed by atoms with Gasteiger partial charge in [-0.3, -0.25) is 0 Å². The lowest BCUT2D eigenvalue weighted by molar-refractivity contribution is -0.164. The fraction of sp³-hybridized carbons (Fsp3) is 0.700. The molecule has 0 amide bonds. The van der Waals surface area contributed by atoms with E-state index in [4.69, 9.17) is 5.11 Å². The van der Waals surface area contributed by atoms with E-state index in [-0.39, 0.29) is 12.3 Å². The van der Waals surface area contributed by atoms with Gasteiger partial charge in [0.2, 0.25) is 0 Å². The fourth-order valence-corrected chi connectivity index (χ4v) is 1.29. The molecule has 0 rings (SSSR count). The van der Waals surface area contributed by atoms with E-state index in [1.807, 2.05) is 13.8 Å². The normalized spacial score (nSPS) is 17.9. The largest absolute Gasteiger partial charge is 0.479 e. The van der Waals surface area contributed by atoms with Gasteiger partial charge in [0.15, 0.2) is 5.60 Å². The number of aliphatic carboxylic acids is 1. The molecule has 0 bridgehead atoms. The quantitative estimate of drug-likeness (QED) is 0.642. The van der Waals surface area contributed by atoms with Crippen LogP contribution < -0.4 is 0 Å². The lowest BCUT2D eigenvalue weighted by Gasteiger charge is -2.29. The number of carboxylic acids is 1. The predicted octanol–water partition coefficient (Wildman–Crippen LogP) is 1.67. The van der Waals surface area contributed by atoms with Gasteiger partial charge in [-0.05, 0) is 12.3 Å². The molecule has 0 heterocycles. The maximum atomic E-state index is 10.9. The minimum Gasteiger partial charge on any atom is -0.479 e. The van der Waals surface area contributed by atoms with E-state index in [1.54, 1.807) is 6.92 Å². The Hall–Kier alpha value is -0.830. The van der Waals surface area contributed by atoms with Crippen LogP contribution in [0, 0.1) is 11.8 Å². The standard InChI is InChI=1S/C10H18O3/c1-5-8(4)10(13,9(11)12)6-7(2)3/h5,7-8,13H,1,6H2,2-4H3,(H,11,12)/t8-,10-/m0/s1. The van der Waals surface area contributed by atoms with Crippen molar-refractivity contribution in [2.45, 2.75) is 32.8 Å². The molecule has 76 valence electrons. The molecule has 0 radical (unpaired) electrons. The molecule has 2 atom stereocenters. The summed E-state index contributed by atoms with van der Waals surface area (Å²) in [5.41, 5.74) is -1.67. The highest BCUT2D eigenvalue weighted by molar-refractivity contribution is 5.77. The Morgan fingerprint density at radius 1 is 1.54 bits per heavy atom. The monoisotopic (exact) mass is 186 g/mol. The lowest BCUT2D eigenvalue weighted by atomic mass is 9.82. The molecule has 0 saturated heterocycles. The maximum Gasteiger partial charge on any atom is 0.336 e. The molecular weight excluding hydrogens is 168 g/mol. The van der Waals surface area contributed by atoms with Crippen molar-refractivity contribution in [1.82, 2.24) is 0 Å². The Morgan fingerprint density at radius 2 is 2.00 bits per heavy atom. The highest BCUT2D eigenvalue weighted by Crippen LogP contribution is 2.26. The summed E-state index contributed by atoms with van der Waals surface area (Å²) in [5.74, 6) is -1.47. The Kier molecular flexibility index (Phi) is 4.14. The van der Waals surface area contributed by atoms with E-state index >= 15 is 0 Å². The van der Waals surface area contributed by atoms with Crippen LogP contribution in [0.1, 0.15) is 27.2 Å². The summed E-state index contributed by atoms with van der Waals surface area (Å²) in [6.07, 6.45) is 1.71. The smallest absolute Gasteiger partial charge is 0.336 e. The molecule has 0 aliphatic rings. The van der Waals surface area contributed by atoms with Gasteiger partial charge in [-0.2, -0.15) is 0 Å². The van der Waals surface area contributed by atoms with Crippen LogP contribution in [0.4, 0.5) is 0 Å². The lowest BCUT2D eigenvalue weighted by Crippen LogP contribution is -2.45. The summed E-state index contributed by atoms with van der Waals surface area (Å²) in [5, 5.41) is 18.7. The molecule has 13 heavy (non-hydrogen) atoms. The van der Waals surface area contributed by atoms with Crippen LogP contribution in [0.2, 0.25) is 0 Å². The van der Waals surface area contributed by atoms with Crippen molar-refractivity contribution in [1.29, 1.82) is 0 Å². The summed E-state index contributed by atoms with van der Waals surface area (Å²) < 4.78 is 0. The number of carbonyl (C=O) groups is 1. The van der Waals surface area contributed by atoms with Gasteiger partial charge in [-0.15, -0.1) is 6.58 Å². The van der Waals surface area contributed by atoms with E-state index in [0.717, 1.165) is 0 Å². The van der Waals surface area contributed by atoms with Gasteiger partial charge in [-0.25, -0.2) is 4.79 Å². The van der Waals surface area contributed by atoms with Crippen molar-refractivity contribution >= 4 is 5.97 Å². The first kappa shape index (κ1) is 12.2. The van der Waals surface area contributed by atoms with Crippen LogP contribution in [0.5, 0.6) is 0 Å². The summed E-state index contributed by atoms with van der Waals surface area (Å²) in [6, 6.07) is 0. The molecule has 3 heteroatoms. The summed E-state index contributed by atoms with van der Waals surface area (Å²) in [4.78, 5) is 10.9. The number of carboxylic acid groups (broad SMARTS) is 1. The van der Waals surface area contributed by atoms with Crippen molar-refractivity contribution in [3.05, 3.63) is 12.7 Å². The Labute approximate surface area is 79.1 Å². The minimum atomic E-state index is -1.67. The van der Waals surface area contributed by atoms with Gasteiger partial charge < -0.3 is 10.2 Å². The zero-order valence-electron chi connectivity index (χ0n) is 8.45. The van der Waals surface area contributed by atoms with Crippen molar-refractivity contribution in [3.63, 3.8) is 0 Å². The molecule has 0 saturated carbocycles. The molecule has 0 aromatic heterocycles. The maximum absolute atomic E-state index is 10.9. The Bertz CT molecular complexity index is 198. The number of hydrogen-bond donors (Lipinski definition) is 2. The van der Waals surface area contributed by atoms with E-state index in [1.165, 1.54) is 6.08 Å². The summed E-state index contributed by atoms with van der Waals surface area (Å²) in [6.45, 7) is 8.91. The number of aliphatic hydroxyl groups is 1. The molecule has 0 aromatic carbocycles. The molecule has 0 unspecified atom stereocenters. The molecule has 0 aliphatic carbocycles. The minimum absolute atomic E-state index is 0.142. The second kappa shape index (κ2) is 4.42. The van der Waals surface area contributed by atoms with Crippen molar-refractivity contribution < 1.29 is 15.0 Å². The molecule has 2 N–H and O–H groups in total. The van der Waals surface area contributed by atoms with Gasteiger partial charge in [-0.1, -0.05) is 26.8 Å². The molecule has 0 spiro atoms. The highest BCUT2D eigenvalue weighted by atomic mass is 16.4. The van der Waals surface area contributed by atoms with Crippen LogP contribution in [0.3, 0.4) is 0 Å². The van der Waals surface area contributed by atoms with Gasteiger partial charge >= 0.3 is 5.97 Å². The number of rotatable bonds is 5. The zero-order valence-corrected chi connectivity index (χ0v) is 8.45. The Balaban J connectivity index is 4.72. The third-order valence-electron chi connectivity index (χ3n) is 2.20. The van der Waals surface area contributed by atoms with Crippen molar-refractivity contribution in [2.24, 2.45) is 11.8 Å². The number of hydrogen-bond acceptors (Lipinski definition) is 2.